The number of hydrogen-bond acceptors (Lipinski definition) is 3. The number of hydrogen-bond donors (Lipinski definition) is 0. The van der Waals surface area contributed by atoms with Crippen molar-refractivity contribution in [3.8, 4) is 0 Å². The minimum atomic E-state index is -4.45. The van der Waals surface area contributed by atoms with E-state index in [2.05, 4.69) is 13.8 Å². The van der Waals surface area contributed by atoms with E-state index < -0.39 is 18.6 Å². The van der Waals surface area contributed by atoms with Gasteiger partial charge in [-0.1, -0.05) is 13.8 Å². The third-order valence-electron chi connectivity index (χ3n) is 4.77. The highest BCUT2D eigenvalue weighted by Crippen LogP contribution is 2.37. The first-order valence-electron chi connectivity index (χ1n) is 8.38. The Morgan fingerprint density at radius 1 is 1.31 bits per heavy atom. The molecule has 1 aliphatic carbocycles. The fraction of sp³-hybridized carbons (Fsp3) is 0.474. The minimum absolute atomic E-state index is 0.0214. The van der Waals surface area contributed by atoms with E-state index >= 15 is 0 Å². The zero-order valence-corrected chi connectivity index (χ0v) is 15.7. The highest BCUT2D eigenvalue weighted by atomic mass is 32.1. The Morgan fingerprint density at radius 3 is 2.65 bits per heavy atom. The lowest BCUT2D eigenvalue weighted by Crippen LogP contribution is -2.35. The molecule has 140 valence electrons. The first kappa shape index (κ1) is 18.9. The van der Waals surface area contributed by atoms with Crippen molar-refractivity contribution < 1.29 is 18.0 Å². The summed E-state index contributed by atoms with van der Waals surface area (Å²) in [4.78, 5) is 26.7. The van der Waals surface area contributed by atoms with E-state index in [0.29, 0.717) is 15.0 Å². The lowest BCUT2D eigenvalue weighted by atomic mass is 9.77. The standard InChI is InChI=1S/C19H20F3NO2S/c1-18(2)7-6-13-15(9-18)26-14-8-11(4-5-12(14)16(13)24)17(25)23(3)10-19(20,21)22/h4-5,8H,6-7,9-10H2,1-3H3. The van der Waals surface area contributed by atoms with Gasteiger partial charge in [0.1, 0.15) is 6.54 Å². The monoisotopic (exact) mass is 383 g/mol. The van der Waals surface area contributed by atoms with Crippen molar-refractivity contribution in [3.05, 3.63) is 44.4 Å². The average molecular weight is 383 g/mol. The van der Waals surface area contributed by atoms with Crippen LogP contribution in [-0.4, -0.2) is 30.6 Å². The molecule has 1 amide bonds. The van der Waals surface area contributed by atoms with Crippen LogP contribution in [0.1, 0.15) is 41.1 Å². The molecule has 0 saturated heterocycles. The number of alkyl halides is 3. The summed E-state index contributed by atoms with van der Waals surface area (Å²) in [6, 6.07) is 4.53. The van der Waals surface area contributed by atoms with Crippen molar-refractivity contribution in [2.24, 2.45) is 5.41 Å². The predicted octanol–water partition coefficient (Wildman–Crippen LogP) is 4.41. The second-order valence-electron chi connectivity index (χ2n) is 7.66. The maximum atomic E-state index is 12.7. The molecule has 0 atom stereocenters. The van der Waals surface area contributed by atoms with Gasteiger partial charge in [-0.2, -0.15) is 13.2 Å². The molecule has 7 heteroatoms. The summed E-state index contributed by atoms with van der Waals surface area (Å²) in [6.45, 7) is 3.01. The third kappa shape index (κ3) is 3.77. The van der Waals surface area contributed by atoms with Crippen LogP contribution < -0.4 is 5.43 Å². The zero-order chi connectivity index (χ0) is 19.3. The smallest absolute Gasteiger partial charge is 0.333 e. The summed E-state index contributed by atoms with van der Waals surface area (Å²) in [5.41, 5.74) is 1.10. The van der Waals surface area contributed by atoms with E-state index in [1.165, 1.54) is 17.4 Å². The summed E-state index contributed by atoms with van der Waals surface area (Å²) in [7, 11) is 1.12. The van der Waals surface area contributed by atoms with E-state index in [4.69, 9.17) is 0 Å². The Labute approximate surface area is 153 Å². The maximum Gasteiger partial charge on any atom is 0.406 e. The number of halogens is 3. The second-order valence-corrected chi connectivity index (χ2v) is 8.80. The van der Waals surface area contributed by atoms with Crippen LogP contribution in [0.2, 0.25) is 0 Å². The fourth-order valence-corrected chi connectivity index (χ4v) is 4.86. The van der Waals surface area contributed by atoms with Gasteiger partial charge in [0.05, 0.1) is 0 Å². The second kappa shape index (κ2) is 6.37. The maximum absolute atomic E-state index is 12.7. The Balaban J connectivity index is 2.01. The van der Waals surface area contributed by atoms with E-state index in [1.807, 2.05) is 0 Å². The van der Waals surface area contributed by atoms with Gasteiger partial charge < -0.3 is 4.90 Å². The predicted molar refractivity (Wildman–Crippen MR) is 96.9 cm³/mol. The van der Waals surface area contributed by atoms with E-state index in [1.54, 1.807) is 12.1 Å². The van der Waals surface area contributed by atoms with Gasteiger partial charge in [-0.15, -0.1) is 11.3 Å². The quantitative estimate of drug-likeness (QED) is 0.770. The van der Waals surface area contributed by atoms with Crippen molar-refractivity contribution >= 4 is 27.3 Å². The molecule has 1 aromatic heterocycles. The molecule has 0 fully saturated rings. The molecule has 0 N–H and O–H groups in total. The molecule has 2 aromatic rings. The van der Waals surface area contributed by atoms with Gasteiger partial charge in [0.2, 0.25) is 0 Å². The number of carbonyl (C=O) groups excluding carboxylic acids is 1. The number of amides is 1. The van der Waals surface area contributed by atoms with Crippen LogP contribution in [0.25, 0.3) is 10.1 Å². The first-order valence-corrected chi connectivity index (χ1v) is 9.19. The third-order valence-corrected chi connectivity index (χ3v) is 5.97. The fourth-order valence-electron chi connectivity index (χ4n) is 3.35. The summed E-state index contributed by atoms with van der Waals surface area (Å²) in [5.74, 6) is -0.707. The molecule has 3 rings (SSSR count). The van der Waals surface area contributed by atoms with Crippen LogP contribution in [-0.2, 0) is 12.8 Å². The van der Waals surface area contributed by atoms with Gasteiger partial charge in [-0.3, -0.25) is 9.59 Å². The summed E-state index contributed by atoms with van der Waals surface area (Å²) >= 11 is 1.47. The highest BCUT2D eigenvalue weighted by molar-refractivity contribution is 7.18. The topological polar surface area (TPSA) is 37.4 Å². The molecule has 1 heterocycles. The Kier molecular flexibility index (Phi) is 4.63. The van der Waals surface area contributed by atoms with E-state index in [0.717, 1.165) is 36.8 Å². The first-order chi connectivity index (χ1) is 12.0. The number of fused-ring (bicyclic) bond motifs is 2. The van der Waals surface area contributed by atoms with Crippen LogP contribution in [0, 0.1) is 5.41 Å². The van der Waals surface area contributed by atoms with Gasteiger partial charge in [0.25, 0.3) is 5.91 Å². The summed E-state index contributed by atoms with van der Waals surface area (Å²) in [5, 5.41) is 0.531. The number of rotatable bonds is 2. The molecule has 26 heavy (non-hydrogen) atoms. The van der Waals surface area contributed by atoms with Gasteiger partial charge in [-0.25, -0.2) is 0 Å². The Hall–Kier alpha value is -1.89. The van der Waals surface area contributed by atoms with Crippen molar-refractivity contribution in [1.29, 1.82) is 0 Å². The van der Waals surface area contributed by atoms with Gasteiger partial charge in [0, 0.05) is 33.1 Å². The Bertz CT molecular complexity index is 931. The number of nitrogens with zero attached hydrogens (tertiary/aromatic N) is 1. The van der Waals surface area contributed by atoms with Crippen molar-refractivity contribution in [1.82, 2.24) is 4.90 Å². The molecule has 0 bridgehead atoms. The lowest BCUT2D eigenvalue weighted by Gasteiger charge is -2.30. The average Bonchev–Trinajstić information content (AvgIpc) is 2.51. The van der Waals surface area contributed by atoms with E-state index in [-0.39, 0.29) is 16.4 Å². The summed E-state index contributed by atoms with van der Waals surface area (Å²) in [6.07, 6.45) is -1.96. The lowest BCUT2D eigenvalue weighted by molar-refractivity contribution is -0.138. The minimum Gasteiger partial charge on any atom is -0.333 e. The number of benzene rings is 1. The molecule has 1 aromatic carbocycles. The van der Waals surface area contributed by atoms with Crippen LogP contribution in [0.3, 0.4) is 0 Å². The van der Waals surface area contributed by atoms with Gasteiger partial charge in [0.15, 0.2) is 5.43 Å². The molecule has 3 nitrogen and oxygen atoms in total. The molecule has 0 unspecified atom stereocenters. The van der Waals surface area contributed by atoms with Crippen molar-refractivity contribution in [2.45, 2.75) is 39.3 Å². The largest absolute Gasteiger partial charge is 0.406 e. The molecule has 0 aliphatic heterocycles. The summed E-state index contributed by atoms with van der Waals surface area (Å²) < 4.78 is 38.2. The molecule has 0 spiro atoms. The number of carbonyl (C=O) groups is 1. The van der Waals surface area contributed by atoms with Crippen LogP contribution in [0.15, 0.2) is 23.0 Å². The SMILES string of the molecule is CN(CC(F)(F)F)C(=O)c1ccc2c(=O)c3c(sc2c1)CC(C)(C)CC3. The van der Waals surface area contributed by atoms with Crippen LogP contribution in [0.5, 0.6) is 0 Å². The molecular formula is C19H20F3NO2S. The normalized spacial score (nSPS) is 16.4. The van der Waals surface area contributed by atoms with Crippen LogP contribution in [0.4, 0.5) is 13.2 Å². The van der Waals surface area contributed by atoms with Crippen LogP contribution >= 0.6 is 11.3 Å². The highest BCUT2D eigenvalue weighted by Gasteiger charge is 2.32. The van der Waals surface area contributed by atoms with E-state index in [9.17, 15) is 22.8 Å². The van der Waals surface area contributed by atoms with Gasteiger partial charge in [-0.05, 0) is 42.9 Å². The van der Waals surface area contributed by atoms with Gasteiger partial charge >= 0.3 is 6.18 Å². The van der Waals surface area contributed by atoms with Crippen molar-refractivity contribution in [2.75, 3.05) is 13.6 Å². The molecule has 1 aliphatic rings. The zero-order valence-electron chi connectivity index (χ0n) is 14.9. The molecular weight excluding hydrogens is 363 g/mol. The van der Waals surface area contributed by atoms with Crippen molar-refractivity contribution in [3.63, 3.8) is 0 Å². The molecule has 0 radical (unpaired) electrons. The molecule has 0 saturated carbocycles. The Morgan fingerprint density at radius 2 is 2.00 bits per heavy atom.